The second kappa shape index (κ2) is 33.4. The standard InChI is InChI=1S/C50H78O43/c51-1-12-37-23(62)30(69)44(80-12)90-40-15(4-76-8-19(54)55)84-48(34(73)27(40)66)88-38-13(2-52)82-46(32(71)25(38)64)92-42-17(6-78-10-21(58)59)86-50(36(75)29(42)68)93-43-18(7-79-11-22(60)61)85-49(35(74)28(43)67)89-39-14(3-53)81-45(31(70)24(39)63)91-41-16(5-77-9-20(56)57)83-47(87-37)33(72)26(41)65/h12-18,23-53,62-75H,1-11H2,(H,54,55)(H,56,57)(H,58,59)(H,60,61)/t12-,13-,14-,15-,16-,17-,18-,23-,24-,25-,26-,27-,28-,29-,30-,31-,32-,33-,34-,35-,36-,37-,38-,39-,40-,41-,42-,43-,44-,45-,46-,47-,48-,49-,50-/m1/s1. The molecule has 43 heteroatoms. The van der Waals surface area contributed by atoms with Crippen molar-refractivity contribution in [1.82, 2.24) is 0 Å². The minimum absolute atomic E-state index is 0.891. The summed E-state index contributed by atoms with van der Waals surface area (Å²) in [7, 11) is 0. The van der Waals surface area contributed by atoms with Gasteiger partial charge in [0.25, 0.3) is 0 Å². The highest BCUT2D eigenvalue weighted by molar-refractivity contribution is 5.68. The van der Waals surface area contributed by atoms with Crippen LogP contribution in [0.15, 0.2) is 0 Å². The van der Waals surface area contributed by atoms with E-state index in [2.05, 4.69) is 0 Å². The Morgan fingerprint density at radius 3 is 0.505 bits per heavy atom. The Hall–Kier alpha value is -3.52. The summed E-state index contributed by atoms with van der Waals surface area (Å²) in [5, 5.41) is 231. The summed E-state index contributed by atoms with van der Waals surface area (Å²) in [4.78, 5) is 46.2. The summed E-state index contributed by atoms with van der Waals surface area (Å²) >= 11 is 0. The lowest BCUT2D eigenvalue weighted by Gasteiger charge is -2.50. The fourth-order valence-electron chi connectivity index (χ4n) is 11.4. The Morgan fingerprint density at radius 2 is 0.366 bits per heavy atom. The molecule has 0 saturated carbocycles. The van der Waals surface area contributed by atoms with E-state index in [1.807, 2.05) is 0 Å². The monoisotopic (exact) mass is 1370 g/mol. The van der Waals surface area contributed by atoms with E-state index in [1.54, 1.807) is 0 Å². The van der Waals surface area contributed by atoms with Gasteiger partial charge in [-0.15, -0.1) is 0 Å². The molecular weight excluding hydrogens is 1290 g/mol. The molecule has 21 aliphatic rings. The molecule has 536 valence electrons. The molecule has 21 rings (SSSR count). The Bertz CT molecular complexity index is 2340. The zero-order valence-corrected chi connectivity index (χ0v) is 48.4. The second-order valence-electron chi connectivity index (χ2n) is 22.6. The number of ether oxygens (including phenoxy) is 18. The van der Waals surface area contributed by atoms with E-state index in [-0.39, 0.29) is 0 Å². The molecule has 0 unspecified atom stereocenters. The number of aliphatic hydroxyl groups is 17. The van der Waals surface area contributed by atoms with Crippen LogP contribution < -0.4 is 0 Å². The van der Waals surface area contributed by atoms with Crippen molar-refractivity contribution in [1.29, 1.82) is 0 Å². The van der Waals surface area contributed by atoms with Gasteiger partial charge in [-0.1, -0.05) is 0 Å². The molecule has 0 aromatic carbocycles. The lowest BCUT2D eigenvalue weighted by molar-refractivity contribution is -0.397. The van der Waals surface area contributed by atoms with E-state index >= 15 is 0 Å². The number of carboxylic acid groups (broad SMARTS) is 4. The maximum Gasteiger partial charge on any atom is 0.329 e. The zero-order chi connectivity index (χ0) is 68.0. The van der Waals surface area contributed by atoms with Crippen molar-refractivity contribution in [3.8, 4) is 0 Å². The fraction of sp³-hybridized carbons (Fsp3) is 0.920. The average Bonchev–Trinajstić information content (AvgIpc) is 0.791. The van der Waals surface area contributed by atoms with Crippen LogP contribution in [0.25, 0.3) is 0 Å². The molecule has 21 heterocycles. The van der Waals surface area contributed by atoms with Crippen molar-refractivity contribution in [2.75, 3.05) is 72.7 Å². The van der Waals surface area contributed by atoms with E-state index in [9.17, 15) is 126 Å². The topological polar surface area (TPSA) is 659 Å². The van der Waals surface area contributed by atoms with Gasteiger partial charge in [0.2, 0.25) is 0 Å². The summed E-state index contributed by atoms with van der Waals surface area (Å²) in [6, 6.07) is 0. The number of hydrogen-bond donors (Lipinski definition) is 21. The number of hydrogen-bond acceptors (Lipinski definition) is 39. The van der Waals surface area contributed by atoms with Crippen LogP contribution in [0.4, 0.5) is 0 Å². The molecule has 0 amide bonds. The first-order valence-corrected chi connectivity index (χ1v) is 28.8. The number of carbonyl (C=O) groups is 4. The van der Waals surface area contributed by atoms with Crippen molar-refractivity contribution in [3.05, 3.63) is 0 Å². The minimum atomic E-state index is -2.38. The summed E-state index contributed by atoms with van der Waals surface area (Å²) in [6.07, 6.45) is -75.4. The normalized spacial score (nSPS) is 47.7. The number of aliphatic carboxylic acids is 4. The van der Waals surface area contributed by atoms with Crippen LogP contribution in [0.3, 0.4) is 0 Å². The SMILES string of the molecule is O=C(O)COC[C@H]1O[C@@H]2O[C@H]3[C@H](O)[C@@H](O)[C@@H](O[C@H]4[C@H](O)[C@@H](O)[C@@H](O[C@H]5[C@H](O)[C@@H](O)[C@@H](O[C@H]6[C@H](O)[C@@H](O)[C@@H](O[C@H]7[C@H](O)[C@@H](O)[C@@H](O[C@H]8[C@H](O)[C@@H](O)[C@@H](O[C@H]1[C@H](O)[C@H]2O)O[C@@H]8CO)O[C@@H]7COCC(=O)O)O[C@@H]6COCC(=O)O)O[C@@H]5CO)O[C@@H]4COCC(=O)O)O[C@@H]3CO. The molecule has 0 aliphatic carbocycles. The van der Waals surface area contributed by atoms with E-state index < -0.39 is 311 Å². The van der Waals surface area contributed by atoms with Gasteiger partial charge in [-0.2, -0.15) is 0 Å². The number of rotatable bonds is 19. The number of aliphatic hydroxyl groups excluding tert-OH is 17. The first-order valence-electron chi connectivity index (χ1n) is 28.8. The first kappa shape index (κ1) is 75.3. The molecule has 0 radical (unpaired) electrons. The van der Waals surface area contributed by atoms with Gasteiger partial charge >= 0.3 is 23.9 Å². The third-order valence-electron chi connectivity index (χ3n) is 16.1. The number of carboxylic acids is 4. The fourth-order valence-corrected chi connectivity index (χ4v) is 11.4. The van der Waals surface area contributed by atoms with Crippen LogP contribution in [-0.4, -0.2) is 419 Å². The quantitative estimate of drug-likeness (QED) is 0.0571. The maximum atomic E-state index is 11.7. The Labute approximate surface area is 522 Å². The zero-order valence-electron chi connectivity index (χ0n) is 48.4. The van der Waals surface area contributed by atoms with E-state index in [1.165, 1.54) is 0 Å². The molecule has 93 heavy (non-hydrogen) atoms. The van der Waals surface area contributed by atoms with Gasteiger partial charge in [0.05, 0.1) is 46.2 Å². The third-order valence-corrected chi connectivity index (χ3v) is 16.1. The molecule has 14 bridgehead atoms. The van der Waals surface area contributed by atoms with Crippen molar-refractivity contribution in [3.63, 3.8) is 0 Å². The van der Waals surface area contributed by atoms with Gasteiger partial charge in [0.1, 0.15) is 197 Å². The first-order chi connectivity index (χ1) is 44.1. The van der Waals surface area contributed by atoms with Crippen LogP contribution in [0.5, 0.6) is 0 Å². The van der Waals surface area contributed by atoms with E-state index in [0.29, 0.717) is 0 Å². The van der Waals surface area contributed by atoms with Crippen LogP contribution in [0, 0.1) is 0 Å². The van der Waals surface area contributed by atoms with Gasteiger partial charge < -0.3 is 193 Å². The predicted molar refractivity (Wildman–Crippen MR) is 274 cm³/mol. The van der Waals surface area contributed by atoms with Crippen LogP contribution in [0.1, 0.15) is 0 Å². The van der Waals surface area contributed by atoms with Gasteiger partial charge in [0.15, 0.2) is 44.0 Å². The average molecular weight is 1370 g/mol. The summed E-state index contributed by atoms with van der Waals surface area (Å²) < 4.78 is 102. The Kier molecular flexibility index (Phi) is 27.0. The van der Waals surface area contributed by atoms with E-state index in [0.717, 1.165) is 0 Å². The lowest BCUT2D eigenvalue weighted by atomic mass is 9.95. The summed E-state index contributed by atoms with van der Waals surface area (Å²) in [5.41, 5.74) is 0. The summed E-state index contributed by atoms with van der Waals surface area (Å²) in [5.74, 6) is -6.18. The molecule has 0 aromatic rings. The highest BCUT2D eigenvalue weighted by Gasteiger charge is 2.60. The third kappa shape index (κ3) is 17.5. The smallest absolute Gasteiger partial charge is 0.329 e. The highest BCUT2D eigenvalue weighted by Crippen LogP contribution is 2.39. The maximum absolute atomic E-state index is 11.7. The largest absolute Gasteiger partial charge is 0.480 e. The van der Waals surface area contributed by atoms with Gasteiger partial charge in [0, 0.05) is 0 Å². The lowest BCUT2D eigenvalue weighted by Crippen LogP contribution is -2.68. The molecule has 21 fully saturated rings. The molecule has 0 spiro atoms. The van der Waals surface area contributed by atoms with Crippen molar-refractivity contribution >= 4 is 23.9 Å². The van der Waals surface area contributed by atoms with Crippen molar-refractivity contribution < 1.29 is 212 Å². The minimum Gasteiger partial charge on any atom is -0.480 e. The van der Waals surface area contributed by atoms with Crippen molar-refractivity contribution in [2.45, 2.75) is 215 Å². The predicted octanol–water partition coefficient (Wildman–Crippen LogP) is -14.8. The van der Waals surface area contributed by atoms with E-state index in [4.69, 9.17) is 85.3 Å². The second-order valence-corrected chi connectivity index (χ2v) is 22.6. The molecule has 35 atom stereocenters. The van der Waals surface area contributed by atoms with Crippen LogP contribution in [-0.2, 0) is 104 Å². The molecule has 21 aliphatic heterocycles. The molecular formula is C50H78O43. The Balaban J connectivity index is 1.14. The Morgan fingerprint density at radius 1 is 0.226 bits per heavy atom. The van der Waals surface area contributed by atoms with Crippen LogP contribution >= 0.6 is 0 Å². The molecule has 43 nitrogen and oxygen atoms in total. The van der Waals surface area contributed by atoms with Crippen molar-refractivity contribution in [2.24, 2.45) is 0 Å². The molecule has 0 aromatic heterocycles. The molecule has 21 saturated heterocycles. The molecule has 21 N–H and O–H groups in total. The van der Waals surface area contributed by atoms with Gasteiger partial charge in [-0.25, -0.2) is 19.2 Å². The van der Waals surface area contributed by atoms with Gasteiger partial charge in [-0.05, 0) is 0 Å². The van der Waals surface area contributed by atoms with Gasteiger partial charge in [-0.3, -0.25) is 0 Å². The highest BCUT2D eigenvalue weighted by atomic mass is 16.8. The van der Waals surface area contributed by atoms with Crippen LogP contribution in [0.2, 0.25) is 0 Å². The summed E-state index contributed by atoms with van der Waals surface area (Å²) in [6.45, 7) is -11.3.